The highest BCUT2D eigenvalue weighted by atomic mass is 16.7. The summed E-state index contributed by atoms with van der Waals surface area (Å²) in [6, 6.07) is 16.5. The Morgan fingerprint density at radius 2 is 1.45 bits per heavy atom. The number of carbonyl (C=O) groups excluding carboxylic acids is 2. The van der Waals surface area contributed by atoms with Crippen LogP contribution in [0.5, 0.6) is 17.2 Å². The number of rotatable bonds is 11. The zero-order valence-electron chi connectivity index (χ0n) is 17.9. The number of carbonyl (C=O) groups is 2. The standard InChI is InChI=1S/C23H23N3O7/c1-2-29-16-7-9-18(10-8-16)30-13-19-11-12-20(32-19)23(28)33-26-22(25)15-3-5-17(6-4-15)31-14-21(24)27/h3-12H,2,13-14H2,1H3,(H2,24,27)(H2,25,26). The first kappa shape index (κ1) is 23.2. The normalized spacial score (nSPS) is 11.0. The highest BCUT2D eigenvalue weighted by Crippen LogP contribution is 2.19. The molecule has 33 heavy (non-hydrogen) atoms. The molecule has 4 N–H and O–H groups in total. The predicted molar refractivity (Wildman–Crippen MR) is 118 cm³/mol. The largest absolute Gasteiger partial charge is 0.494 e. The van der Waals surface area contributed by atoms with Crippen molar-refractivity contribution in [1.29, 1.82) is 0 Å². The van der Waals surface area contributed by atoms with E-state index >= 15 is 0 Å². The van der Waals surface area contributed by atoms with Gasteiger partial charge in [0.05, 0.1) is 6.61 Å². The molecule has 2 aromatic carbocycles. The van der Waals surface area contributed by atoms with Crippen LogP contribution in [0.15, 0.2) is 70.2 Å². The van der Waals surface area contributed by atoms with Gasteiger partial charge in [0.2, 0.25) is 5.76 Å². The highest BCUT2D eigenvalue weighted by molar-refractivity contribution is 5.98. The van der Waals surface area contributed by atoms with Crippen LogP contribution in [0, 0.1) is 0 Å². The van der Waals surface area contributed by atoms with E-state index in [2.05, 4.69) is 5.16 Å². The number of amides is 1. The van der Waals surface area contributed by atoms with Crippen LogP contribution in [0.4, 0.5) is 0 Å². The summed E-state index contributed by atoms with van der Waals surface area (Å²) in [4.78, 5) is 27.8. The predicted octanol–water partition coefficient (Wildman–Crippen LogP) is 2.60. The maximum Gasteiger partial charge on any atom is 0.400 e. The summed E-state index contributed by atoms with van der Waals surface area (Å²) in [7, 11) is 0. The molecule has 172 valence electrons. The molecular formula is C23H23N3O7. The van der Waals surface area contributed by atoms with Crippen molar-refractivity contribution in [3.63, 3.8) is 0 Å². The molecule has 0 fully saturated rings. The molecule has 3 rings (SSSR count). The lowest BCUT2D eigenvalue weighted by Crippen LogP contribution is -2.20. The van der Waals surface area contributed by atoms with Crippen LogP contribution in [0.3, 0.4) is 0 Å². The topological polar surface area (TPSA) is 149 Å². The quantitative estimate of drug-likeness (QED) is 0.195. The molecule has 10 nitrogen and oxygen atoms in total. The zero-order chi connectivity index (χ0) is 23.6. The molecule has 0 bridgehead atoms. The Kier molecular flexibility index (Phi) is 7.90. The number of amidine groups is 1. The Labute approximate surface area is 189 Å². The number of primary amides is 1. The minimum Gasteiger partial charge on any atom is -0.494 e. The Morgan fingerprint density at radius 1 is 0.848 bits per heavy atom. The summed E-state index contributed by atoms with van der Waals surface area (Å²) < 4.78 is 21.6. The molecule has 0 spiro atoms. The number of hydrogen-bond donors (Lipinski definition) is 2. The van der Waals surface area contributed by atoms with Gasteiger partial charge in [-0.3, -0.25) is 4.79 Å². The second kappa shape index (κ2) is 11.2. The number of nitrogens with zero attached hydrogens (tertiary/aromatic N) is 1. The third-order valence-electron chi connectivity index (χ3n) is 4.14. The first-order valence-electron chi connectivity index (χ1n) is 9.95. The molecule has 0 aliphatic carbocycles. The Bertz CT molecular complexity index is 1110. The third kappa shape index (κ3) is 7.03. The zero-order valence-corrected chi connectivity index (χ0v) is 17.9. The average Bonchev–Trinajstić information content (AvgIpc) is 3.30. The summed E-state index contributed by atoms with van der Waals surface area (Å²) in [5, 5.41) is 3.63. The molecule has 0 saturated heterocycles. The van der Waals surface area contributed by atoms with Crippen molar-refractivity contribution in [2.45, 2.75) is 13.5 Å². The van der Waals surface area contributed by atoms with E-state index in [0.717, 1.165) is 5.75 Å². The SMILES string of the molecule is CCOc1ccc(OCc2ccc(C(=O)O/N=C(\N)c3ccc(OCC(N)=O)cc3)o2)cc1. The van der Waals surface area contributed by atoms with E-state index in [9.17, 15) is 9.59 Å². The van der Waals surface area contributed by atoms with Crippen molar-refractivity contribution < 1.29 is 33.1 Å². The van der Waals surface area contributed by atoms with Crippen molar-refractivity contribution in [3.8, 4) is 17.2 Å². The number of ether oxygens (including phenoxy) is 3. The molecule has 0 atom stereocenters. The molecule has 0 saturated carbocycles. The van der Waals surface area contributed by atoms with E-state index in [1.807, 2.05) is 6.92 Å². The number of benzene rings is 2. The molecule has 1 heterocycles. The van der Waals surface area contributed by atoms with Gasteiger partial charge in [0.25, 0.3) is 5.91 Å². The smallest absolute Gasteiger partial charge is 0.400 e. The summed E-state index contributed by atoms with van der Waals surface area (Å²) >= 11 is 0. The van der Waals surface area contributed by atoms with Crippen LogP contribution in [-0.2, 0) is 16.2 Å². The number of hydrogen-bond acceptors (Lipinski definition) is 8. The monoisotopic (exact) mass is 453 g/mol. The van der Waals surface area contributed by atoms with Crippen molar-refractivity contribution in [2.75, 3.05) is 13.2 Å². The average molecular weight is 453 g/mol. The minimum absolute atomic E-state index is 0.0320. The fraction of sp³-hybridized carbons (Fsp3) is 0.174. The van der Waals surface area contributed by atoms with Gasteiger partial charge >= 0.3 is 5.97 Å². The van der Waals surface area contributed by atoms with Gasteiger partial charge in [0.15, 0.2) is 12.4 Å². The third-order valence-corrected chi connectivity index (χ3v) is 4.14. The maximum absolute atomic E-state index is 12.2. The lowest BCUT2D eigenvalue weighted by molar-refractivity contribution is -0.119. The van der Waals surface area contributed by atoms with Gasteiger partial charge in [-0.15, -0.1) is 0 Å². The second-order valence-electron chi connectivity index (χ2n) is 6.59. The number of nitrogens with two attached hydrogens (primary N) is 2. The molecule has 0 unspecified atom stereocenters. The van der Waals surface area contributed by atoms with Crippen LogP contribution in [0.2, 0.25) is 0 Å². The summed E-state index contributed by atoms with van der Waals surface area (Å²) in [6.07, 6.45) is 0. The van der Waals surface area contributed by atoms with Crippen LogP contribution in [0.25, 0.3) is 0 Å². The van der Waals surface area contributed by atoms with Crippen molar-refractivity contribution in [3.05, 3.63) is 77.7 Å². The minimum atomic E-state index is -0.813. The van der Waals surface area contributed by atoms with Crippen molar-refractivity contribution >= 4 is 17.7 Å². The number of oxime groups is 1. The van der Waals surface area contributed by atoms with Crippen molar-refractivity contribution in [2.24, 2.45) is 16.6 Å². The Balaban J connectivity index is 1.51. The maximum atomic E-state index is 12.2. The van der Waals surface area contributed by atoms with Crippen LogP contribution in [0.1, 0.15) is 28.8 Å². The summed E-state index contributed by atoms with van der Waals surface area (Å²) in [5.74, 6) is 0.754. The lowest BCUT2D eigenvalue weighted by atomic mass is 10.2. The van der Waals surface area contributed by atoms with Gasteiger partial charge in [-0.2, -0.15) is 0 Å². The van der Waals surface area contributed by atoms with Crippen LogP contribution >= 0.6 is 0 Å². The Hall–Kier alpha value is -4.47. The molecule has 3 aromatic rings. The van der Waals surface area contributed by atoms with Crippen LogP contribution < -0.4 is 25.7 Å². The van der Waals surface area contributed by atoms with Gasteiger partial charge in [-0.05, 0) is 67.6 Å². The molecule has 0 aliphatic rings. The van der Waals surface area contributed by atoms with E-state index in [-0.39, 0.29) is 24.8 Å². The summed E-state index contributed by atoms with van der Waals surface area (Å²) in [5.41, 5.74) is 11.3. The van der Waals surface area contributed by atoms with E-state index < -0.39 is 11.9 Å². The highest BCUT2D eigenvalue weighted by Gasteiger charge is 2.14. The Morgan fingerprint density at radius 3 is 2.09 bits per heavy atom. The number of furan rings is 1. The van der Waals surface area contributed by atoms with E-state index in [4.69, 9.17) is 34.9 Å². The fourth-order valence-electron chi connectivity index (χ4n) is 2.58. The van der Waals surface area contributed by atoms with Gasteiger partial charge in [-0.1, -0.05) is 5.16 Å². The molecular weight excluding hydrogens is 430 g/mol. The molecule has 1 amide bonds. The van der Waals surface area contributed by atoms with Gasteiger partial charge < -0.3 is 34.9 Å². The van der Waals surface area contributed by atoms with Crippen LogP contribution in [-0.4, -0.2) is 30.9 Å². The van der Waals surface area contributed by atoms with Crippen molar-refractivity contribution in [1.82, 2.24) is 0 Å². The second-order valence-corrected chi connectivity index (χ2v) is 6.59. The molecule has 0 aliphatic heterocycles. The van der Waals surface area contributed by atoms with Gasteiger partial charge in [0, 0.05) is 5.56 Å². The molecule has 1 aromatic heterocycles. The first-order valence-corrected chi connectivity index (χ1v) is 9.95. The van der Waals surface area contributed by atoms with Gasteiger partial charge in [0.1, 0.15) is 29.6 Å². The fourth-order valence-corrected chi connectivity index (χ4v) is 2.58. The first-order chi connectivity index (χ1) is 15.9. The lowest BCUT2D eigenvalue weighted by Gasteiger charge is -2.06. The van der Waals surface area contributed by atoms with E-state index in [0.29, 0.717) is 29.4 Å². The molecule has 0 radical (unpaired) electrons. The van der Waals surface area contributed by atoms with E-state index in [1.54, 1.807) is 54.6 Å². The molecule has 10 heteroatoms. The van der Waals surface area contributed by atoms with E-state index in [1.165, 1.54) is 6.07 Å². The summed E-state index contributed by atoms with van der Waals surface area (Å²) in [6.45, 7) is 2.38. The van der Waals surface area contributed by atoms with Gasteiger partial charge in [-0.25, -0.2) is 4.79 Å².